The Kier molecular flexibility index (Phi) is 6.39. The van der Waals surface area contributed by atoms with E-state index in [4.69, 9.17) is 0 Å². The number of hydrogen-bond donors (Lipinski definition) is 3. The molecule has 1 aliphatic rings. The molecule has 0 saturated carbocycles. The Morgan fingerprint density at radius 2 is 1.68 bits per heavy atom. The number of hydrogen-bond acceptors (Lipinski definition) is 4. The fraction of sp³-hybridized carbons (Fsp3) is 0.304. The number of carbonyl (C=O) groups is 4. The fourth-order valence-electron chi connectivity index (χ4n) is 3.75. The Morgan fingerprint density at radius 1 is 1.03 bits per heavy atom. The zero-order valence-electron chi connectivity index (χ0n) is 17.8. The van der Waals surface area contributed by atoms with E-state index in [1.54, 1.807) is 36.4 Å². The normalized spacial score (nSPS) is 18.1. The van der Waals surface area contributed by atoms with E-state index in [2.05, 4.69) is 16.0 Å². The molecule has 0 spiro atoms. The highest BCUT2D eigenvalue weighted by Gasteiger charge is 2.52. The topological polar surface area (TPSA) is 108 Å². The molecule has 162 valence electrons. The van der Waals surface area contributed by atoms with Crippen molar-refractivity contribution >= 4 is 29.4 Å². The summed E-state index contributed by atoms with van der Waals surface area (Å²) in [7, 11) is 1.53. The fourth-order valence-corrected chi connectivity index (χ4v) is 3.75. The van der Waals surface area contributed by atoms with E-state index in [0.717, 1.165) is 4.90 Å². The first-order valence-electron chi connectivity index (χ1n) is 10.1. The average molecular weight is 422 g/mol. The molecule has 0 aliphatic carbocycles. The standard InChI is InChI=1S/C23H26N4O4/c1-15(2)13-23(17-7-5-4-6-8-17)21(30)27(22(31)26-23)14-19(28)25-18-11-9-16(10-12-18)20(29)24-3/h4-12,15H,13-14H2,1-3H3,(H,24,29)(H,25,28)(H,26,31)/t23-/m0/s1. The van der Waals surface area contributed by atoms with Crippen molar-refractivity contribution in [3.63, 3.8) is 0 Å². The number of imide groups is 1. The zero-order valence-corrected chi connectivity index (χ0v) is 17.8. The van der Waals surface area contributed by atoms with E-state index in [0.29, 0.717) is 23.2 Å². The smallest absolute Gasteiger partial charge is 0.325 e. The lowest BCUT2D eigenvalue weighted by Gasteiger charge is -2.29. The molecule has 1 heterocycles. The van der Waals surface area contributed by atoms with E-state index in [1.165, 1.54) is 7.05 Å². The molecule has 2 aromatic carbocycles. The van der Waals surface area contributed by atoms with Crippen LogP contribution in [0, 0.1) is 5.92 Å². The molecule has 3 N–H and O–H groups in total. The largest absolute Gasteiger partial charge is 0.355 e. The highest BCUT2D eigenvalue weighted by atomic mass is 16.2. The predicted octanol–water partition coefficient (Wildman–Crippen LogP) is 2.48. The van der Waals surface area contributed by atoms with Crippen LogP contribution in [0.25, 0.3) is 0 Å². The molecule has 0 aromatic heterocycles. The van der Waals surface area contributed by atoms with Gasteiger partial charge < -0.3 is 16.0 Å². The number of carbonyl (C=O) groups excluding carboxylic acids is 4. The maximum absolute atomic E-state index is 13.3. The van der Waals surface area contributed by atoms with Crippen molar-refractivity contribution in [2.45, 2.75) is 25.8 Å². The second-order valence-electron chi connectivity index (χ2n) is 7.90. The molecular weight excluding hydrogens is 396 g/mol. The summed E-state index contributed by atoms with van der Waals surface area (Å²) in [5.41, 5.74) is 0.411. The minimum Gasteiger partial charge on any atom is -0.355 e. The van der Waals surface area contributed by atoms with Gasteiger partial charge in [-0.05, 0) is 42.2 Å². The van der Waals surface area contributed by atoms with E-state index >= 15 is 0 Å². The van der Waals surface area contributed by atoms with Gasteiger partial charge in [0.05, 0.1) is 0 Å². The Bertz CT molecular complexity index is 988. The lowest BCUT2D eigenvalue weighted by atomic mass is 9.82. The Balaban J connectivity index is 1.75. The second-order valence-corrected chi connectivity index (χ2v) is 7.90. The van der Waals surface area contributed by atoms with Crippen LogP contribution in [0.3, 0.4) is 0 Å². The Hall–Kier alpha value is -3.68. The average Bonchev–Trinajstić information content (AvgIpc) is 2.98. The summed E-state index contributed by atoms with van der Waals surface area (Å²) in [6.07, 6.45) is 0.417. The van der Waals surface area contributed by atoms with Gasteiger partial charge in [0.15, 0.2) is 0 Å². The minimum atomic E-state index is -1.19. The highest BCUT2D eigenvalue weighted by Crippen LogP contribution is 2.35. The SMILES string of the molecule is CNC(=O)c1ccc(NC(=O)CN2C(=O)N[C@@](CC(C)C)(c3ccccc3)C2=O)cc1. The van der Waals surface area contributed by atoms with E-state index in [9.17, 15) is 19.2 Å². The van der Waals surface area contributed by atoms with Gasteiger partial charge in [-0.15, -0.1) is 0 Å². The van der Waals surface area contributed by atoms with Crippen LogP contribution in [0.2, 0.25) is 0 Å². The van der Waals surface area contributed by atoms with E-state index in [-0.39, 0.29) is 11.8 Å². The molecule has 8 heteroatoms. The number of nitrogens with zero attached hydrogens (tertiary/aromatic N) is 1. The van der Waals surface area contributed by atoms with Crippen molar-refractivity contribution in [1.29, 1.82) is 0 Å². The molecule has 0 unspecified atom stereocenters. The summed E-state index contributed by atoms with van der Waals surface area (Å²) in [6, 6.07) is 14.8. The molecule has 3 rings (SSSR count). The van der Waals surface area contributed by atoms with Gasteiger partial charge >= 0.3 is 6.03 Å². The van der Waals surface area contributed by atoms with Crippen molar-refractivity contribution in [2.75, 3.05) is 18.9 Å². The van der Waals surface area contributed by atoms with Crippen LogP contribution in [0.15, 0.2) is 54.6 Å². The number of anilines is 1. The van der Waals surface area contributed by atoms with Gasteiger partial charge in [0.1, 0.15) is 12.1 Å². The molecule has 5 amide bonds. The third-order valence-electron chi connectivity index (χ3n) is 5.12. The molecule has 0 bridgehead atoms. The van der Waals surface area contributed by atoms with Gasteiger partial charge in [-0.3, -0.25) is 19.3 Å². The molecule has 1 atom stereocenters. The number of rotatable bonds is 7. The van der Waals surface area contributed by atoms with Crippen LogP contribution < -0.4 is 16.0 Å². The third-order valence-corrected chi connectivity index (χ3v) is 5.12. The number of amides is 5. The van der Waals surface area contributed by atoms with Crippen molar-refractivity contribution in [1.82, 2.24) is 15.5 Å². The van der Waals surface area contributed by atoms with Crippen LogP contribution >= 0.6 is 0 Å². The third kappa shape index (κ3) is 4.58. The van der Waals surface area contributed by atoms with Crippen LogP contribution in [-0.4, -0.2) is 42.2 Å². The van der Waals surface area contributed by atoms with Crippen molar-refractivity contribution in [3.05, 3.63) is 65.7 Å². The van der Waals surface area contributed by atoms with Crippen LogP contribution in [0.1, 0.15) is 36.2 Å². The number of nitrogens with one attached hydrogen (secondary N) is 3. The van der Waals surface area contributed by atoms with Crippen LogP contribution in [0.4, 0.5) is 10.5 Å². The summed E-state index contributed by atoms with van der Waals surface area (Å²) in [5.74, 6) is -1.05. The lowest BCUT2D eigenvalue weighted by molar-refractivity contribution is -0.134. The van der Waals surface area contributed by atoms with Gasteiger partial charge in [-0.25, -0.2) is 4.79 Å². The first kappa shape index (κ1) is 22.0. The summed E-state index contributed by atoms with van der Waals surface area (Å²) >= 11 is 0. The van der Waals surface area contributed by atoms with Gasteiger partial charge in [-0.1, -0.05) is 44.2 Å². The Labute approximate surface area is 181 Å². The summed E-state index contributed by atoms with van der Waals surface area (Å²) < 4.78 is 0. The van der Waals surface area contributed by atoms with Crippen molar-refractivity contribution in [2.24, 2.45) is 5.92 Å². The second kappa shape index (κ2) is 8.99. The number of urea groups is 1. The zero-order chi connectivity index (χ0) is 22.6. The molecule has 31 heavy (non-hydrogen) atoms. The van der Waals surface area contributed by atoms with Crippen molar-refractivity contribution < 1.29 is 19.2 Å². The van der Waals surface area contributed by atoms with Gasteiger partial charge in [0.2, 0.25) is 5.91 Å². The highest BCUT2D eigenvalue weighted by molar-refractivity contribution is 6.10. The number of benzene rings is 2. The molecule has 0 radical (unpaired) electrons. The summed E-state index contributed by atoms with van der Waals surface area (Å²) in [4.78, 5) is 51.1. The summed E-state index contributed by atoms with van der Waals surface area (Å²) in [6.45, 7) is 3.54. The Morgan fingerprint density at radius 3 is 2.26 bits per heavy atom. The molecule has 1 saturated heterocycles. The van der Waals surface area contributed by atoms with Gasteiger partial charge in [-0.2, -0.15) is 0 Å². The molecule has 1 aliphatic heterocycles. The van der Waals surface area contributed by atoms with Gasteiger partial charge in [0.25, 0.3) is 11.8 Å². The molecule has 1 fully saturated rings. The summed E-state index contributed by atoms with van der Waals surface area (Å²) in [5, 5.41) is 8.00. The lowest BCUT2D eigenvalue weighted by Crippen LogP contribution is -2.45. The molecule has 2 aromatic rings. The van der Waals surface area contributed by atoms with Crippen molar-refractivity contribution in [3.8, 4) is 0 Å². The molecular formula is C23H26N4O4. The van der Waals surface area contributed by atoms with Gasteiger partial charge in [0, 0.05) is 18.3 Å². The first-order chi connectivity index (χ1) is 14.8. The quantitative estimate of drug-likeness (QED) is 0.596. The monoisotopic (exact) mass is 422 g/mol. The maximum Gasteiger partial charge on any atom is 0.325 e. The first-order valence-corrected chi connectivity index (χ1v) is 10.1. The maximum atomic E-state index is 13.3. The predicted molar refractivity (Wildman–Crippen MR) is 116 cm³/mol. The molecule has 8 nitrogen and oxygen atoms in total. The minimum absolute atomic E-state index is 0.136. The van der Waals surface area contributed by atoms with Crippen LogP contribution in [0.5, 0.6) is 0 Å². The van der Waals surface area contributed by atoms with E-state index in [1.807, 2.05) is 32.0 Å². The van der Waals surface area contributed by atoms with E-state index < -0.39 is 29.9 Å². The van der Waals surface area contributed by atoms with Crippen LogP contribution in [-0.2, 0) is 15.1 Å².